The van der Waals surface area contributed by atoms with E-state index in [4.69, 9.17) is 0 Å². The van der Waals surface area contributed by atoms with E-state index in [1.807, 2.05) is 13.0 Å². The Balaban J connectivity index is 1.31. The first-order chi connectivity index (χ1) is 16.4. The molecule has 2 aromatic rings. The van der Waals surface area contributed by atoms with Crippen LogP contribution in [-0.2, 0) is 14.8 Å². The molecule has 4 rings (SSSR count). The van der Waals surface area contributed by atoms with Crippen LogP contribution < -0.4 is 5.32 Å². The van der Waals surface area contributed by atoms with Gasteiger partial charge in [-0.25, -0.2) is 8.42 Å². The van der Waals surface area contributed by atoms with Crippen molar-refractivity contribution in [2.75, 3.05) is 46.3 Å². The number of likely N-dealkylation sites (N-methyl/N-ethyl adjacent to an activating group) is 1. The number of hydrogen-bond acceptors (Lipinski definition) is 5. The summed E-state index contributed by atoms with van der Waals surface area (Å²) in [6.45, 7) is 6.76. The van der Waals surface area contributed by atoms with Gasteiger partial charge in [0, 0.05) is 45.3 Å². The number of nitrogens with one attached hydrogen (secondary N) is 1. The Kier molecular flexibility index (Phi) is 8.03. The predicted molar refractivity (Wildman–Crippen MR) is 134 cm³/mol. The fourth-order valence-corrected chi connectivity index (χ4v) is 6.62. The van der Waals surface area contributed by atoms with Gasteiger partial charge in [0.15, 0.2) is 0 Å². The van der Waals surface area contributed by atoms with Gasteiger partial charge in [-0.3, -0.25) is 9.69 Å². The number of piperazine rings is 1. The first-order valence-corrected chi connectivity index (χ1v) is 13.6. The number of benzene rings is 2. The molecule has 0 aromatic heterocycles. The van der Waals surface area contributed by atoms with Crippen molar-refractivity contribution < 1.29 is 13.2 Å². The maximum atomic E-state index is 13.1. The Bertz CT molecular complexity index is 1060. The highest BCUT2D eigenvalue weighted by Gasteiger charge is 2.39. The van der Waals surface area contributed by atoms with Crippen LogP contribution >= 0.6 is 0 Å². The average Bonchev–Trinajstić information content (AvgIpc) is 3.34. The van der Waals surface area contributed by atoms with Crippen molar-refractivity contribution in [3.63, 3.8) is 0 Å². The van der Waals surface area contributed by atoms with Gasteiger partial charge in [0.25, 0.3) is 0 Å². The van der Waals surface area contributed by atoms with Gasteiger partial charge in [-0.15, -0.1) is 0 Å². The van der Waals surface area contributed by atoms with E-state index >= 15 is 0 Å². The Morgan fingerprint density at radius 2 is 1.76 bits per heavy atom. The molecule has 0 saturated carbocycles. The molecule has 0 spiro atoms. The zero-order valence-electron chi connectivity index (χ0n) is 20.2. The van der Waals surface area contributed by atoms with Crippen LogP contribution in [-0.4, -0.2) is 80.8 Å². The normalized spacial score (nSPS) is 22.6. The summed E-state index contributed by atoms with van der Waals surface area (Å²) in [7, 11) is -1.52. The van der Waals surface area contributed by atoms with Gasteiger partial charge in [-0.1, -0.05) is 48.0 Å². The molecule has 0 radical (unpaired) electrons. The fourth-order valence-electron chi connectivity index (χ4n) is 4.96. The van der Waals surface area contributed by atoms with Crippen molar-refractivity contribution in [3.05, 3.63) is 65.7 Å². The molecule has 2 aliphatic heterocycles. The fraction of sp³-hybridized carbons (Fsp3) is 0.500. The van der Waals surface area contributed by atoms with E-state index in [0.29, 0.717) is 32.0 Å². The number of sulfonamides is 1. The van der Waals surface area contributed by atoms with Crippen LogP contribution in [0.4, 0.5) is 0 Å². The highest BCUT2D eigenvalue weighted by atomic mass is 32.2. The molecule has 8 heteroatoms. The molecule has 0 aliphatic carbocycles. The molecule has 2 heterocycles. The van der Waals surface area contributed by atoms with Crippen molar-refractivity contribution in [1.82, 2.24) is 19.4 Å². The van der Waals surface area contributed by atoms with Gasteiger partial charge in [0.2, 0.25) is 15.9 Å². The average molecular weight is 485 g/mol. The van der Waals surface area contributed by atoms with Gasteiger partial charge < -0.3 is 10.2 Å². The topological polar surface area (TPSA) is 73.0 Å². The molecule has 0 bridgehead atoms. The van der Waals surface area contributed by atoms with Gasteiger partial charge >= 0.3 is 0 Å². The molecule has 34 heavy (non-hydrogen) atoms. The van der Waals surface area contributed by atoms with Crippen molar-refractivity contribution in [2.24, 2.45) is 0 Å². The van der Waals surface area contributed by atoms with E-state index in [1.54, 1.807) is 24.3 Å². The minimum atomic E-state index is -3.68. The lowest BCUT2D eigenvalue weighted by atomic mass is 10.0. The van der Waals surface area contributed by atoms with Crippen LogP contribution in [0.15, 0.2) is 59.5 Å². The third kappa shape index (κ3) is 5.68. The summed E-state index contributed by atoms with van der Waals surface area (Å²) in [5, 5.41) is 3.01. The van der Waals surface area contributed by atoms with E-state index in [9.17, 15) is 13.2 Å². The highest BCUT2D eigenvalue weighted by Crippen LogP contribution is 2.27. The summed E-state index contributed by atoms with van der Waals surface area (Å²) in [5.74, 6) is -0.189. The van der Waals surface area contributed by atoms with Crippen molar-refractivity contribution in [1.29, 1.82) is 0 Å². The quantitative estimate of drug-likeness (QED) is 0.583. The molecule has 2 aromatic carbocycles. The van der Waals surface area contributed by atoms with E-state index in [0.717, 1.165) is 38.2 Å². The Morgan fingerprint density at radius 3 is 2.50 bits per heavy atom. The molecule has 2 atom stereocenters. The molecular weight excluding hydrogens is 448 g/mol. The van der Waals surface area contributed by atoms with Crippen molar-refractivity contribution >= 4 is 15.9 Å². The summed E-state index contributed by atoms with van der Waals surface area (Å²) in [4.78, 5) is 18.0. The zero-order chi connectivity index (χ0) is 24.1. The number of carbonyl (C=O) groups is 1. The number of nitrogens with zero attached hydrogens (tertiary/aromatic N) is 3. The lowest BCUT2D eigenvalue weighted by molar-refractivity contribution is -0.124. The molecule has 1 amide bonds. The lowest BCUT2D eigenvalue weighted by Gasteiger charge is -2.40. The first kappa shape index (κ1) is 24.9. The number of hydrogen-bond donors (Lipinski definition) is 1. The summed E-state index contributed by atoms with van der Waals surface area (Å²) in [5.41, 5.74) is 2.32. The smallest absolute Gasteiger partial charge is 0.243 e. The standard InChI is InChI=1S/C26H36N4O3S/c1-21-11-13-23(14-12-21)34(32,33)30-17-6-10-24(30)26(31)27-15-7-16-29-19-18-28(2)20-25(29)22-8-4-3-5-9-22/h3-5,8-9,11-14,24-25H,6-7,10,15-20H2,1-2H3,(H,27,31)/t24-,25?/m0/s1. The second-order valence-corrected chi connectivity index (χ2v) is 11.3. The minimum Gasteiger partial charge on any atom is -0.355 e. The van der Waals surface area contributed by atoms with Crippen LogP contribution in [0.25, 0.3) is 0 Å². The zero-order valence-corrected chi connectivity index (χ0v) is 21.0. The maximum absolute atomic E-state index is 13.1. The number of aryl methyl sites for hydroxylation is 1. The van der Waals surface area contributed by atoms with Crippen LogP contribution in [0.5, 0.6) is 0 Å². The third-order valence-corrected chi connectivity index (χ3v) is 8.86. The van der Waals surface area contributed by atoms with Gasteiger partial charge in [0.05, 0.1) is 4.90 Å². The van der Waals surface area contributed by atoms with E-state index in [-0.39, 0.29) is 10.8 Å². The SMILES string of the molecule is Cc1ccc(S(=O)(=O)N2CCC[C@H]2C(=O)NCCCN2CCN(C)CC2c2ccccc2)cc1. The minimum absolute atomic E-state index is 0.189. The summed E-state index contributed by atoms with van der Waals surface area (Å²) in [6.07, 6.45) is 2.09. The number of rotatable bonds is 8. The molecule has 2 aliphatic rings. The number of carbonyl (C=O) groups excluding carboxylic acids is 1. The van der Waals surface area contributed by atoms with Crippen molar-refractivity contribution in [2.45, 2.75) is 43.2 Å². The van der Waals surface area contributed by atoms with E-state index in [1.165, 1.54) is 9.87 Å². The van der Waals surface area contributed by atoms with Gasteiger partial charge in [-0.2, -0.15) is 4.31 Å². The summed E-state index contributed by atoms with van der Waals surface area (Å²) in [6, 6.07) is 17.1. The van der Waals surface area contributed by atoms with E-state index < -0.39 is 16.1 Å². The summed E-state index contributed by atoms with van der Waals surface area (Å²) >= 11 is 0. The Hall–Kier alpha value is -2.26. The Morgan fingerprint density at radius 1 is 1.03 bits per heavy atom. The van der Waals surface area contributed by atoms with Crippen molar-refractivity contribution in [3.8, 4) is 0 Å². The lowest BCUT2D eigenvalue weighted by Crippen LogP contribution is -2.48. The van der Waals surface area contributed by atoms with E-state index in [2.05, 4.69) is 46.4 Å². The second kappa shape index (κ2) is 11.0. The summed E-state index contributed by atoms with van der Waals surface area (Å²) < 4.78 is 27.6. The molecule has 7 nitrogen and oxygen atoms in total. The largest absolute Gasteiger partial charge is 0.355 e. The predicted octanol–water partition coefficient (Wildman–Crippen LogP) is 2.64. The maximum Gasteiger partial charge on any atom is 0.243 e. The first-order valence-electron chi connectivity index (χ1n) is 12.2. The molecule has 1 N–H and O–H groups in total. The van der Waals surface area contributed by atoms with Crippen LogP contribution in [0.3, 0.4) is 0 Å². The van der Waals surface area contributed by atoms with Gasteiger partial charge in [-0.05, 0) is 50.9 Å². The molecule has 184 valence electrons. The molecular formula is C26H36N4O3S. The third-order valence-electron chi connectivity index (χ3n) is 6.93. The molecule has 2 saturated heterocycles. The van der Waals surface area contributed by atoms with Gasteiger partial charge in [0.1, 0.15) is 6.04 Å². The molecule has 2 fully saturated rings. The molecule has 1 unspecified atom stereocenters. The highest BCUT2D eigenvalue weighted by molar-refractivity contribution is 7.89. The van der Waals surface area contributed by atoms with Crippen LogP contribution in [0, 0.1) is 6.92 Å². The Labute approximate surface area is 203 Å². The monoisotopic (exact) mass is 484 g/mol. The van der Waals surface area contributed by atoms with Crippen LogP contribution in [0.2, 0.25) is 0 Å². The second-order valence-electron chi connectivity index (χ2n) is 9.46. The van der Waals surface area contributed by atoms with Crippen LogP contribution in [0.1, 0.15) is 36.4 Å². The number of amides is 1.